The summed E-state index contributed by atoms with van der Waals surface area (Å²) in [7, 11) is 0. The lowest BCUT2D eigenvalue weighted by atomic mass is 10.1. The highest BCUT2D eigenvalue weighted by Crippen LogP contribution is 2.10. The number of allylic oxidation sites excluding steroid dienone is 2. The molecule has 0 aromatic carbocycles. The predicted molar refractivity (Wildman–Crippen MR) is 105 cm³/mol. The van der Waals surface area contributed by atoms with Crippen molar-refractivity contribution in [2.24, 2.45) is 0 Å². The van der Waals surface area contributed by atoms with Crippen LogP contribution in [0.1, 0.15) is 104 Å². The van der Waals surface area contributed by atoms with Gasteiger partial charge in [0.25, 0.3) is 0 Å². The maximum atomic E-state index is 11.5. The van der Waals surface area contributed by atoms with E-state index in [2.05, 4.69) is 24.4 Å². The lowest BCUT2D eigenvalue weighted by Gasteiger charge is -2.08. The number of carboxylic acid groups (broad SMARTS) is 1. The quantitative estimate of drug-likeness (QED) is 0.264. The number of rotatable bonds is 17. The maximum Gasteiger partial charge on any atom is 0.325 e. The highest BCUT2D eigenvalue weighted by Gasteiger charge is 2.12. The topological polar surface area (TPSA) is 66.4 Å². The van der Waals surface area contributed by atoms with Crippen molar-refractivity contribution in [2.45, 2.75) is 110 Å². The van der Waals surface area contributed by atoms with Gasteiger partial charge in [0.05, 0.1) is 0 Å². The van der Waals surface area contributed by atoms with E-state index in [-0.39, 0.29) is 5.91 Å². The van der Waals surface area contributed by atoms with E-state index >= 15 is 0 Å². The molecule has 0 spiro atoms. The largest absolute Gasteiger partial charge is 0.480 e. The lowest BCUT2D eigenvalue weighted by molar-refractivity contribution is -0.141. The number of carbonyl (C=O) groups is 2. The van der Waals surface area contributed by atoms with Crippen molar-refractivity contribution in [3.05, 3.63) is 12.2 Å². The third-order valence-corrected chi connectivity index (χ3v) is 4.41. The van der Waals surface area contributed by atoms with Crippen LogP contribution in [0, 0.1) is 0 Å². The monoisotopic (exact) mass is 353 g/mol. The summed E-state index contributed by atoms with van der Waals surface area (Å²) in [4.78, 5) is 22.1. The van der Waals surface area contributed by atoms with Gasteiger partial charge in [-0.25, -0.2) is 0 Å². The van der Waals surface area contributed by atoms with Crippen LogP contribution in [0.3, 0.4) is 0 Å². The fourth-order valence-corrected chi connectivity index (χ4v) is 2.73. The Morgan fingerprint density at radius 2 is 1.32 bits per heavy atom. The van der Waals surface area contributed by atoms with Gasteiger partial charge in [0.15, 0.2) is 0 Å². The minimum Gasteiger partial charge on any atom is -0.480 e. The second-order valence-corrected chi connectivity index (χ2v) is 6.96. The van der Waals surface area contributed by atoms with Crippen LogP contribution < -0.4 is 5.32 Å². The summed E-state index contributed by atoms with van der Waals surface area (Å²) >= 11 is 0. The molecular formula is C21H39NO3. The van der Waals surface area contributed by atoms with E-state index in [1.165, 1.54) is 64.7 Å². The van der Waals surface area contributed by atoms with Gasteiger partial charge in [0.1, 0.15) is 6.04 Å². The Labute approximate surface area is 154 Å². The molecule has 0 unspecified atom stereocenters. The zero-order valence-corrected chi connectivity index (χ0v) is 16.4. The average molecular weight is 354 g/mol. The number of nitrogens with one attached hydrogen (secondary N) is 1. The van der Waals surface area contributed by atoms with Gasteiger partial charge in [-0.15, -0.1) is 0 Å². The van der Waals surface area contributed by atoms with Crippen molar-refractivity contribution >= 4 is 11.9 Å². The molecule has 0 aliphatic heterocycles. The van der Waals surface area contributed by atoms with Gasteiger partial charge in [-0.2, -0.15) is 0 Å². The Morgan fingerprint density at radius 1 is 0.840 bits per heavy atom. The molecule has 2 N–H and O–H groups in total. The second kappa shape index (κ2) is 17.5. The number of hydrogen-bond donors (Lipinski definition) is 2. The fourth-order valence-electron chi connectivity index (χ4n) is 2.73. The maximum absolute atomic E-state index is 11.5. The molecule has 0 aromatic heterocycles. The van der Waals surface area contributed by atoms with Crippen LogP contribution in [-0.4, -0.2) is 23.0 Å². The van der Waals surface area contributed by atoms with Gasteiger partial charge in [-0.1, -0.05) is 70.4 Å². The third-order valence-electron chi connectivity index (χ3n) is 4.41. The molecule has 0 heterocycles. The molecule has 1 atom stereocenters. The number of unbranched alkanes of at least 4 members (excludes halogenated alkanes) is 11. The molecule has 4 nitrogen and oxygen atoms in total. The molecule has 0 saturated carbocycles. The summed E-state index contributed by atoms with van der Waals surface area (Å²) in [5, 5.41) is 11.2. The Morgan fingerprint density at radius 3 is 1.84 bits per heavy atom. The molecule has 0 aliphatic carbocycles. The van der Waals surface area contributed by atoms with E-state index in [0.29, 0.717) is 6.42 Å². The normalized spacial score (nSPS) is 12.4. The molecule has 0 bridgehead atoms. The first kappa shape index (κ1) is 23.7. The average Bonchev–Trinajstić information content (AvgIpc) is 2.58. The molecule has 1 amide bonds. The summed E-state index contributed by atoms with van der Waals surface area (Å²) in [6, 6.07) is -0.796. The van der Waals surface area contributed by atoms with Crippen LogP contribution in [0.4, 0.5) is 0 Å². The van der Waals surface area contributed by atoms with Crippen LogP contribution in [-0.2, 0) is 9.59 Å². The first-order valence-electron chi connectivity index (χ1n) is 10.2. The Balaban J connectivity index is 3.29. The van der Waals surface area contributed by atoms with E-state index in [1.807, 2.05) is 0 Å². The van der Waals surface area contributed by atoms with E-state index in [0.717, 1.165) is 25.7 Å². The number of carbonyl (C=O) groups excluding carboxylic acids is 1. The van der Waals surface area contributed by atoms with E-state index < -0.39 is 12.0 Å². The van der Waals surface area contributed by atoms with Gasteiger partial charge in [-0.3, -0.25) is 9.59 Å². The van der Waals surface area contributed by atoms with Gasteiger partial charge < -0.3 is 10.4 Å². The van der Waals surface area contributed by atoms with E-state index in [9.17, 15) is 9.59 Å². The molecule has 4 heteroatoms. The zero-order chi connectivity index (χ0) is 18.8. The molecule has 25 heavy (non-hydrogen) atoms. The molecule has 0 radical (unpaired) electrons. The zero-order valence-electron chi connectivity index (χ0n) is 16.4. The number of amides is 1. The van der Waals surface area contributed by atoms with Crippen molar-refractivity contribution in [3.63, 3.8) is 0 Å². The fraction of sp³-hybridized carbons (Fsp3) is 0.810. The standard InChI is InChI=1S/C21H39NO3/c1-3-4-5-6-7-8-9-10-11-12-13-14-15-16-17-18-20(23)22-19(2)21(24)25/h10-11,19H,3-9,12-18H2,1-2H3,(H,22,23)(H,24,25)/b11-10-/t19-/m0/s1. The molecule has 0 aliphatic rings. The summed E-state index contributed by atoms with van der Waals surface area (Å²) in [6.45, 7) is 3.74. The first-order chi connectivity index (χ1) is 12.1. The highest BCUT2D eigenvalue weighted by molar-refractivity contribution is 5.83. The van der Waals surface area contributed by atoms with Crippen molar-refractivity contribution < 1.29 is 14.7 Å². The van der Waals surface area contributed by atoms with Crippen LogP contribution in [0.5, 0.6) is 0 Å². The Bertz CT molecular complexity index is 366. The third kappa shape index (κ3) is 17.3. The van der Waals surface area contributed by atoms with E-state index in [4.69, 9.17) is 5.11 Å². The predicted octanol–water partition coefficient (Wildman–Crippen LogP) is 5.61. The number of carboxylic acids is 1. The van der Waals surface area contributed by atoms with Crippen molar-refractivity contribution in [1.82, 2.24) is 5.32 Å². The number of hydrogen-bond acceptors (Lipinski definition) is 2. The minimum absolute atomic E-state index is 0.160. The molecule has 0 saturated heterocycles. The van der Waals surface area contributed by atoms with Gasteiger partial charge in [-0.05, 0) is 39.0 Å². The minimum atomic E-state index is -0.988. The number of aliphatic carboxylic acids is 1. The molecule has 146 valence electrons. The SMILES string of the molecule is CCCCCCCC/C=C\CCCCCCCC(=O)N[C@@H](C)C(=O)O. The summed E-state index contributed by atoms with van der Waals surface area (Å²) < 4.78 is 0. The van der Waals surface area contributed by atoms with E-state index in [1.54, 1.807) is 0 Å². The summed E-state index contributed by atoms with van der Waals surface area (Å²) in [5.74, 6) is -1.15. The molecule has 0 aromatic rings. The van der Waals surface area contributed by atoms with Crippen LogP contribution >= 0.6 is 0 Å². The Hall–Kier alpha value is -1.32. The lowest BCUT2D eigenvalue weighted by Crippen LogP contribution is -2.38. The van der Waals surface area contributed by atoms with Crippen LogP contribution in [0.25, 0.3) is 0 Å². The second-order valence-electron chi connectivity index (χ2n) is 6.96. The molecular weight excluding hydrogens is 314 g/mol. The van der Waals surface area contributed by atoms with Crippen molar-refractivity contribution in [2.75, 3.05) is 0 Å². The van der Waals surface area contributed by atoms with Crippen molar-refractivity contribution in [3.8, 4) is 0 Å². The Kier molecular flexibility index (Phi) is 16.6. The van der Waals surface area contributed by atoms with Crippen LogP contribution in [0.2, 0.25) is 0 Å². The van der Waals surface area contributed by atoms with Crippen molar-refractivity contribution in [1.29, 1.82) is 0 Å². The molecule has 0 rings (SSSR count). The highest BCUT2D eigenvalue weighted by atomic mass is 16.4. The van der Waals surface area contributed by atoms with Gasteiger partial charge in [0, 0.05) is 6.42 Å². The van der Waals surface area contributed by atoms with Gasteiger partial charge >= 0.3 is 5.97 Å². The summed E-state index contributed by atoms with van der Waals surface area (Å²) in [5.41, 5.74) is 0. The molecule has 0 fully saturated rings. The van der Waals surface area contributed by atoms with Crippen LogP contribution in [0.15, 0.2) is 12.2 Å². The van der Waals surface area contributed by atoms with Gasteiger partial charge in [0.2, 0.25) is 5.91 Å². The first-order valence-corrected chi connectivity index (χ1v) is 10.2. The smallest absolute Gasteiger partial charge is 0.325 e. The summed E-state index contributed by atoms with van der Waals surface area (Å²) in [6.07, 6.45) is 21.0.